The average Bonchev–Trinajstić information content (AvgIpc) is 2.23. The van der Waals surface area contributed by atoms with Crippen molar-refractivity contribution in [1.82, 2.24) is 15.1 Å². The molecule has 0 spiro atoms. The summed E-state index contributed by atoms with van der Waals surface area (Å²) in [4.78, 5) is 4.68. The molecule has 18 heavy (non-hydrogen) atoms. The van der Waals surface area contributed by atoms with Crippen molar-refractivity contribution in [2.45, 2.75) is 52.0 Å². The highest BCUT2D eigenvalue weighted by molar-refractivity contribution is 4.69. The van der Waals surface area contributed by atoms with E-state index in [1.807, 2.05) is 0 Å². The zero-order chi connectivity index (χ0) is 14.0. The zero-order valence-electron chi connectivity index (χ0n) is 13.6. The van der Waals surface area contributed by atoms with Crippen LogP contribution in [0.1, 0.15) is 46.5 Å². The lowest BCUT2D eigenvalue weighted by Crippen LogP contribution is -2.36. The van der Waals surface area contributed by atoms with Crippen molar-refractivity contribution in [2.24, 2.45) is 0 Å². The van der Waals surface area contributed by atoms with Crippen molar-refractivity contribution in [3.63, 3.8) is 0 Å². The van der Waals surface area contributed by atoms with E-state index in [1.165, 1.54) is 38.8 Å². The van der Waals surface area contributed by atoms with Gasteiger partial charge in [-0.25, -0.2) is 0 Å². The van der Waals surface area contributed by atoms with Crippen LogP contribution in [0.2, 0.25) is 0 Å². The van der Waals surface area contributed by atoms with Gasteiger partial charge in [-0.1, -0.05) is 12.8 Å². The molecule has 0 aromatic rings. The minimum atomic E-state index is 0.270. The maximum Gasteiger partial charge on any atom is 0.0106 e. The highest BCUT2D eigenvalue weighted by atomic mass is 15.1. The van der Waals surface area contributed by atoms with Crippen molar-refractivity contribution in [1.29, 1.82) is 0 Å². The number of rotatable bonds is 10. The predicted octanol–water partition coefficient (Wildman–Crippen LogP) is 2.43. The van der Waals surface area contributed by atoms with E-state index in [0.29, 0.717) is 0 Å². The highest BCUT2D eigenvalue weighted by Crippen LogP contribution is 2.03. The van der Waals surface area contributed by atoms with Gasteiger partial charge in [-0.2, -0.15) is 0 Å². The molecule has 0 aromatic carbocycles. The molecule has 0 bridgehead atoms. The van der Waals surface area contributed by atoms with Gasteiger partial charge in [0.25, 0.3) is 0 Å². The van der Waals surface area contributed by atoms with E-state index in [-0.39, 0.29) is 5.54 Å². The summed E-state index contributed by atoms with van der Waals surface area (Å²) in [5, 5.41) is 3.54. The molecule has 0 unspecified atom stereocenters. The first kappa shape index (κ1) is 17.9. The van der Waals surface area contributed by atoms with E-state index < -0.39 is 0 Å². The Morgan fingerprint density at radius 3 is 1.94 bits per heavy atom. The molecule has 0 amide bonds. The minimum absolute atomic E-state index is 0.270. The molecule has 0 fully saturated rings. The van der Waals surface area contributed by atoms with Gasteiger partial charge in [0.15, 0.2) is 0 Å². The molecule has 0 aliphatic rings. The SMILES string of the molecule is CN(C)CCN(C)CCCCCCNC(C)(C)C. The van der Waals surface area contributed by atoms with E-state index >= 15 is 0 Å². The molecule has 1 N–H and O–H groups in total. The van der Waals surface area contributed by atoms with Crippen molar-refractivity contribution in [3.8, 4) is 0 Å². The lowest BCUT2D eigenvalue weighted by Gasteiger charge is -2.20. The molecule has 0 rings (SSSR count). The third-order valence-corrected chi connectivity index (χ3v) is 3.05. The fraction of sp³-hybridized carbons (Fsp3) is 1.00. The average molecular weight is 257 g/mol. The molecule has 0 heterocycles. The van der Waals surface area contributed by atoms with Crippen LogP contribution in [-0.4, -0.2) is 62.7 Å². The van der Waals surface area contributed by atoms with Crippen molar-refractivity contribution < 1.29 is 0 Å². The number of unbranched alkanes of at least 4 members (excludes halogenated alkanes) is 3. The van der Waals surface area contributed by atoms with Gasteiger partial charge in [-0.05, 0) is 67.8 Å². The van der Waals surface area contributed by atoms with E-state index in [0.717, 1.165) is 13.1 Å². The van der Waals surface area contributed by atoms with Gasteiger partial charge < -0.3 is 15.1 Å². The van der Waals surface area contributed by atoms with E-state index in [4.69, 9.17) is 0 Å². The first-order chi connectivity index (χ1) is 8.31. The second-order valence-corrected chi connectivity index (χ2v) is 6.70. The Morgan fingerprint density at radius 2 is 1.39 bits per heavy atom. The van der Waals surface area contributed by atoms with Gasteiger partial charge >= 0.3 is 0 Å². The fourth-order valence-electron chi connectivity index (χ4n) is 1.81. The summed E-state index contributed by atoms with van der Waals surface area (Å²) in [5.41, 5.74) is 0.270. The number of nitrogens with zero attached hydrogens (tertiary/aromatic N) is 2. The maximum atomic E-state index is 3.54. The standard InChI is InChI=1S/C15H35N3/c1-15(2,3)16-11-9-7-8-10-12-18(6)14-13-17(4)5/h16H,7-14H2,1-6H3. The van der Waals surface area contributed by atoms with Crippen molar-refractivity contribution in [3.05, 3.63) is 0 Å². The van der Waals surface area contributed by atoms with Crippen LogP contribution in [0.4, 0.5) is 0 Å². The Labute approximate surface area is 115 Å². The minimum Gasteiger partial charge on any atom is -0.312 e. The fourth-order valence-corrected chi connectivity index (χ4v) is 1.81. The van der Waals surface area contributed by atoms with Gasteiger partial charge in [0.2, 0.25) is 0 Å². The molecule has 0 aromatic heterocycles. The Bertz CT molecular complexity index is 185. The van der Waals surface area contributed by atoms with E-state index in [1.54, 1.807) is 0 Å². The molecule has 0 saturated carbocycles. The molecule has 0 atom stereocenters. The molecular formula is C15H35N3. The van der Waals surface area contributed by atoms with Crippen molar-refractivity contribution >= 4 is 0 Å². The number of hydrogen-bond acceptors (Lipinski definition) is 3. The largest absolute Gasteiger partial charge is 0.312 e. The molecule has 3 heteroatoms. The summed E-state index contributed by atoms with van der Waals surface area (Å²) in [6, 6.07) is 0. The smallest absolute Gasteiger partial charge is 0.0106 e. The predicted molar refractivity (Wildman–Crippen MR) is 82.3 cm³/mol. The summed E-state index contributed by atoms with van der Waals surface area (Å²) in [6.07, 6.45) is 5.35. The number of likely N-dealkylation sites (N-methyl/N-ethyl adjacent to an activating group) is 2. The van der Waals surface area contributed by atoms with Crippen LogP contribution in [0.3, 0.4) is 0 Å². The molecule has 3 nitrogen and oxygen atoms in total. The first-order valence-electron chi connectivity index (χ1n) is 7.39. The lowest BCUT2D eigenvalue weighted by molar-refractivity contribution is 0.276. The van der Waals surface area contributed by atoms with Crippen LogP contribution in [0.15, 0.2) is 0 Å². The Morgan fingerprint density at radius 1 is 0.778 bits per heavy atom. The highest BCUT2D eigenvalue weighted by Gasteiger charge is 2.06. The Balaban J connectivity index is 3.25. The molecule has 0 aliphatic carbocycles. The lowest BCUT2D eigenvalue weighted by atomic mass is 10.1. The number of nitrogens with one attached hydrogen (secondary N) is 1. The summed E-state index contributed by atoms with van der Waals surface area (Å²) in [5.74, 6) is 0. The van der Waals surface area contributed by atoms with Crippen LogP contribution >= 0.6 is 0 Å². The molecule has 110 valence electrons. The van der Waals surface area contributed by atoms with E-state index in [9.17, 15) is 0 Å². The van der Waals surface area contributed by atoms with Crippen molar-refractivity contribution in [2.75, 3.05) is 47.3 Å². The van der Waals surface area contributed by atoms with Crippen LogP contribution in [0.5, 0.6) is 0 Å². The van der Waals surface area contributed by atoms with Crippen LogP contribution in [0, 0.1) is 0 Å². The van der Waals surface area contributed by atoms with Gasteiger partial charge in [0, 0.05) is 18.6 Å². The monoisotopic (exact) mass is 257 g/mol. The zero-order valence-corrected chi connectivity index (χ0v) is 13.6. The third-order valence-electron chi connectivity index (χ3n) is 3.05. The summed E-state index contributed by atoms with van der Waals surface area (Å²) < 4.78 is 0. The maximum absolute atomic E-state index is 3.54. The number of hydrogen-bond donors (Lipinski definition) is 1. The van der Waals surface area contributed by atoms with Gasteiger partial charge in [0.05, 0.1) is 0 Å². The quantitative estimate of drug-likeness (QED) is 0.606. The van der Waals surface area contributed by atoms with Crippen LogP contribution < -0.4 is 5.32 Å². The third kappa shape index (κ3) is 13.9. The van der Waals surface area contributed by atoms with Gasteiger partial charge in [-0.15, -0.1) is 0 Å². The van der Waals surface area contributed by atoms with Gasteiger partial charge in [-0.3, -0.25) is 0 Å². The van der Waals surface area contributed by atoms with Crippen LogP contribution in [-0.2, 0) is 0 Å². The normalized spacial score (nSPS) is 12.7. The summed E-state index contributed by atoms with van der Waals surface area (Å²) in [6.45, 7) is 11.4. The van der Waals surface area contributed by atoms with Gasteiger partial charge in [0.1, 0.15) is 0 Å². The molecule has 0 saturated heterocycles. The Hall–Kier alpha value is -0.120. The summed E-state index contributed by atoms with van der Waals surface area (Å²) >= 11 is 0. The second-order valence-electron chi connectivity index (χ2n) is 6.70. The molecule has 0 aliphatic heterocycles. The molecular weight excluding hydrogens is 222 g/mol. The topological polar surface area (TPSA) is 18.5 Å². The second kappa shape index (κ2) is 9.76. The van der Waals surface area contributed by atoms with E-state index in [2.05, 4.69) is 57.0 Å². The van der Waals surface area contributed by atoms with Crippen LogP contribution in [0.25, 0.3) is 0 Å². The molecule has 0 radical (unpaired) electrons. The first-order valence-corrected chi connectivity index (χ1v) is 7.39. The summed E-state index contributed by atoms with van der Waals surface area (Å²) in [7, 11) is 6.50. The Kier molecular flexibility index (Phi) is 9.70.